The van der Waals surface area contributed by atoms with Crippen molar-refractivity contribution >= 4 is 34.9 Å². The van der Waals surface area contributed by atoms with Crippen LogP contribution in [0.5, 0.6) is 5.75 Å². The number of likely N-dealkylation sites (N-methyl/N-ethyl adjacent to an activating group) is 1. The lowest BCUT2D eigenvalue weighted by molar-refractivity contribution is 0.102. The molecule has 3 rings (SSSR count). The summed E-state index contributed by atoms with van der Waals surface area (Å²) in [4.78, 5) is 26.2. The Labute approximate surface area is 180 Å². The molecule has 0 radical (unpaired) electrons. The van der Waals surface area contributed by atoms with E-state index in [-0.39, 0.29) is 11.9 Å². The number of rotatable bonds is 7. The summed E-state index contributed by atoms with van der Waals surface area (Å²) in [5.74, 6) is 0.477. The second-order valence-corrected chi connectivity index (χ2v) is 6.99. The van der Waals surface area contributed by atoms with Crippen LogP contribution in [0.1, 0.15) is 10.4 Å². The van der Waals surface area contributed by atoms with Gasteiger partial charge in [-0.3, -0.25) is 4.79 Å². The molecule has 0 atom stereocenters. The topological polar surface area (TPSA) is 70.7 Å². The first-order chi connectivity index (χ1) is 14.5. The predicted octanol–water partition coefficient (Wildman–Crippen LogP) is 5.14. The van der Waals surface area contributed by atoms with Gasteiger partial charge in [0.15, 0.2) is 0 Å². The Morgan fingerprint density at radius 2 is 1.57 bits per heavy atom. The van der Waals surface area contributed by atoms with Crippen LogP contribution in [0.25, 0.3) is 0 Å². The van der Waals surface area contributed by atoms with E-state index in [1.807, 2.05) is 6.07 Å². The number of halogens is 1. The number of hydrogen-bond donors (Lipinski definition) is 2. The summed E-state index contributed by atoms with van der Waals surface area (Å²) in [6.45, 7) is 0.748. The molecule has 0 heterocycles. The van der Waals surface area contributed by atoms with Gasteiger partial charge < -0.3 is 20.3 Å². The summed E-state index contributed by atoms with van der Waals surface area (Å²) in [7, 11) is 1.68. The van der Waals surface area contributed by atoms with E-state index in [2.05, 4.69) is 10.6 Å². The quantitative estimate of drug-likeness (QED) is 0.553. The van der Waals surface area contributed by atoms with Gasteiger partial charge in [-0.15, -0.1) is 0 Å². The number of anilines is 2. The maximum absolute atomic E-state index is 12.4. The van der Waals surface area contributed by atoms with E-state index in [1.54, 1.807) is 79.8 Å². The highest BCUT2D eigenvalue weighted by Crippen LogP contribution is 2.17. The van der Waals surface area contributed by atoms with Crippen LogP contribution < -0.4 is 15.4 Å². The van der Waals surface area contributed by atoms with Crippen LogP contribution >= 0.6 is 11.6 Å². The molecule has 0 spiro atoms. The van der Waals surface area contributed by atoms with Crippen molar-refractivity contribution in [3.8, 4) is 5.75 Å². The largest absolute Gasteiger partial charge is 0.492 e. The third-order valence-corrected chi connectivity index (χ3v) is 4.52. The molecule has 2 N–H and O–H groups in total. The van der Waals surface area contributed by atoms with Gasteiger partial charge in [0, 0.05) is 29.0 Å². The average Bonchev–Trinajstić information content (AvgIpc) is 2.76. The molecule has 0 aliphatic carbocycles. The van der Waals surface area contributed by atoms with E-state index < -0.39 is 0 Å². The number of ether oxygens (including phenoxy) is 1. The van der Waals surface area contributed by atoms with Crippen molar-refractivity contribution in [3.05, 3.63) is 89.4 Å². The third kappa shape index (κ3) is 6.25. The summed E-state index contributed by atoms with van der Waals surface area (Å²) in [6.07, 6.45) is 0. The molecule has 6 nitrogen and oxygen atoms in total. The fraction of sp³-hybridized carbons (Fsp3) is 0.130. The molecule has 0 aliphatic heterocycles. The van der Waals surface area contributed by atoms with E-state index in [0.29, 0.717) is 40.9 Å². The van der Waals surface area contributed by atoms with E-state index in [0.717, 1.165) is 0 Å². The standard InChI is InChI=1S/C23H22ClN3O3/c1-27(14-15-30-21-12-10-18(24)11-13-21)23(29)26-20-9-5-8-19(16-20)25-22(28)17-6-3-2-4-7-17/h2-13,16H,14-15H2,1H3,(H,25,28)(H,26,29). The second-order valence-electron chi connectivity index (χ2n) is 6.56. The van der Waals surface area contributed by atoms with E-state index in [1.165, 1.54) is 4.90 Å². The molecular weight excluding hydrogens is 402 g/mol. The van der Waals surface area contributed by atoms with Crippen molar-refractivity contribution in [3.63, 3.8) is 0 Å². The normalized spacial score (nSPS) is 10.2. The van der Waals surface area contributed by atoms with Gasteiger partial charge in [0.1, 0.15) is 12.4 Å². The molecule has 0 aliphatic rings. The van der Waals surface area contributed by atoms with Crippen molar-refractivity contribution < 1.29 is 14.3 Å². The lowest BCUT2D eigenvalue weighted by Gasteiger charge is -2.18. The SMILES string of the molecule is CN(CCOc1ccc(Cl)cc1)C(=O)Nc1cccc(NC(=O)c2ccccc2)c1. The Balaban J connectivity index is 1.50. The third-order valence-electron chi connectivity index (χ3n) is 4.26. The van der Waals surface area contributed by atoms with Crippen molar-refractivity contribution in [2.45, 2.75) is 0 Å². The minimum Gasteiger partial charge on any atom is -0.492 e. The maximum atomic E-state index is 12.4. The molecule has 0 fully saturated rings. The Morgan fingerprint density at radius 1 is 0.900 bits per heavy atom. The highest BCUT2D eigenvalue weighted by molar-refractivity contribution is 6.30. The molecule has 3 amide bonds. The molecule has 0 saturated carbocycles. The maximum Gasteiger partial charge on any atom is 0.321 e. The van der Waals surface area contributed by atoms with Crippen molar-refractivity contribution in [2.75, 3.05) is 30.8 Å². The number of benzene rings is 3. The monoisotopic (exact) mass is 423 g/mol. The van der Waals surface area contributed by atoms with E-state index >= 15 is 0 Å². The highest BCUT2D eigenvalue weighted by atomic mass is 35.5. The summed E-state index contributed by atoms with van der Waals surface area (Å²) in [5, 5.41) is 6.28. The van der Waals surface area contributed by atoms with Gasteiger partial charge in [0.05, 0.1) is 6.54 Å². The van der Waals surface area contributed by atoms with Gasteiger partial charge in [-0.1, -0.05) is 35.9 Å². The van der Waals surface area contributed by atoms with Crippen LogP contribution in [0.15, 0.2) is 78.9 Å². The molecule has 3 aromatic carbocycles. The first-order valence-corrected chi connectivity index (χ1v) is 9.76. The van der Waals surface area contributed by atoms with Crippen molar-refractivity contribution in [1.82, 2.24) is 4.90 Å². The number of hydrogen-bond acceptors (Lipinski definition) is 3. The Kier molecular flexibility index (Phi) is 7.29. The minimum absolute atomic E-state index is 0.212. The van der Waals surface area contributed by atoms with Gasteiger partial charge >= 0.3 is 6.03 Å². The fourth-order valence-corrected chi connectivity index (χ4v) is 2.75. The molecule has 3 aromatic rings. The molecule has 0 bridgehead atoms. The van der Waals surface area contributed by atoms with Crippen LogP contribution in [0.2, 0.25) is 5.02 Å². The lowest BCUT2D eigenvalue weighted by Crippen LogP contribution is -2.34. The van der Waals surface area contributed by atoms with Crippen molar-refractivity contribution in [1.29, 1.82) is 0 Å². The number of nitrogens with one attached hydrogen (secondary N) is 2. The second kappa shape index (κ2) is 10.3. The van der Waals surface area contributed by atoms with Crippen LogP contribution in [-0.2, 0) is 0 Å². The zero-order valence-corrected chi connectivity index (χ0v) is 17.2. The smallest absolute Gasteiger partial charge is 0.321 e. The number of amides is 3. The highest BCUT2D eigenvalue weighted by Gasteiger charge is 2.10. The summed E-state index contributed by atoms with van der Waals surface area (Å²) < 4.78 is 5.61. The summed E-state index contributed by atoms with van der Waals surface area (Å²) in [6, 6.07) is 22.7. The van der Waals surface area contributed by atoms with Crippen LogP contribution in [-0.4, -0.2) is 37.0 Å². The van der Waals surface area contributed by atoms with Crippen molar-refractivity contribution in [2.24, 2.45) is 0 Å². The van der Waals surface area contributed by atoms with Crippen LogP contribution in [0.4, 0.5) is 16.2 Å². The lowest BCUT2D eigenvalue weighted by atomic mass is 10.2. The minimum atomic E-state index is -0.277. The van der Waals surface area contributed by atoms with Gasteiger partial charge in [-0.2, -0.15) is 0 Å². The summed E-state index contributed by atoms with van der Waals surface area (Å²) in [5.41, 5.74) is 1.74. The predicted molar refractivity (Wildman–Crippen MR) is 119 cm³/mol. The zero-order valence-electron chi connectivity index (χ0n) is 16.5. The zero-order chi connectivity index (χ0) is 21.3. The summed E-state index contributed by atoms with van der Waals surface area (Å²) >= 11 is 5.84. The molecular formula is C23H22ClN3O3. The first kappa shape index (κ1) is 21.2. The van der Waals surface area contributed by atoms with Gasteiger partial charge in [0.2, 0.25) is 0 Å². The molecule has 0 saturated heterocycles. The molecule has 30 heavy (non-hydrogen) atoms. The molecule has 7 heteroatoms. The van der Waals surface area contributed by atoms with E-state index in [9.17, 15) is 9.59 Å². The molecule has 154 valence electrons. The number of urea groups is 1. The first-order valence-electron chi connectivity index (χ1n) is 9.38. The Hall–Kier alpha value is -3.51. The van der Waals surface area contributed by atoms with Crippen LogP contribution in [0.3, 0.4) is 0 Å². The van der Waals surface area contributed by atoms with Gasteiger partial charge in [-0.25, -0.2) is 4.79 Å². The Bertz CT molecular complexity index is 994. The van der Waals surface area contributed by atoms with Gasteiger partial charge in [-0.05, 0) is 54.6 Å². The van der Waals surface area contributed by atoms with Crippen LogP contribution in [0, 0.1) is 0 Å². The number of carbonyl (C=O) groups excluding carboxylic acids is 2. The van der Waals surface area contributed by atoms with E-state index in [4.69, 9.17) is 16.3 Å². The van der Waals surface area contributed by atoms with Gasteiger partial charge in [0.25, 0.3) is 5.91 Å². The Morgan fingerprint density at radius 3 is 2.27 bits per heavy atom. The number of nitrogens with zero attached hydrogens (tertiary/aromatic N) is 1. The average molecular weight is 424 g/mol. The number of carbonyl (C=O) groups is 2. The fourth-order valence-electron chi connectivity index (χ4n) is 2.62. The molecule has 0 unspecified atom stereocenters. The molecule has 0 aromatic heterocycles.